The van der Waals surface area contributed by atoms with Gasteiger partial charge in [-0.15, -0.1) is 0 Å². The minimum absolute atomic E-state index is 0.186. The lowest BCUT2D eigenvalue weighted by Gasteiger charge is -2.13. The Hall–Kier alpha value is -2.18. The summed E-state index contributed by atoms with van der Waals surface area (Å²) in [5.74, 6) is -0.199. The average molecular weight is 240 g/mol. The van der Waals surface area contributed by atoms with Crippen molar-refractivity contribution in [1.29, 1.82) is 0 Å². The summed E-state index contributed by atoms with van der Waals surface area (Å²) >= 11 is 0. The fourth-order valence-corrected chi connectivity index (χ4v) is 1.45. The highest BCUT2D eigenvalue weighted by Crippen LogP contribution is 2.38. The Bertz CT molecular complexity index is 525. The van der Waals surface area contributed by atoms with E-state index < -0.39 is 11.7 Å². The first kappa shape index (κ1) is 11.3. The molecule has 2 N–H and O–H groups in total. The molecular weight excluding hydrogens is 233 g/mol. The van der Waals surface area contributed by atoms with Crippen LogP contribution in [0.2, 0.25) is 0 Å². The van der Waals surface area contributed by atoms with Crippen LogP contribution in [0.25, 0.3) is 11.1 Å². The first-order valence-electron chi connectivity index (χ1n) is 4.57. The number of halogens is 3. The Labute approximate surface area is 94.3 Å². The Kier molecular flexibility index (Phi) is 2.66. The van der Waals surface area contributed by atoms with Crippen molar-refractivity contribution >= 4 is 5.82 Å². The van der Waals surface area contributed by atoms with Crippen LogP contribution in [0.3, 0.4) is 0 Å². The van der Waals surface area contributed by atoms with Crippen molar-refractivity contribution < 1.29 is 13.2 Å². The molecule has 2 rings (SSSR count). The lowest BCUT2D eigenvalue weighted by Crippen LogP contribution is -2.10. The minimum atomic E-state index is -4.50. The van der Waals surface area contributed by atoms with Gasteiger partial charge in [0.1, 0.15) is 12.1 Å². The molecule has 2 heterocycles. The molecule has 0 radical (unpaired) electrons. The van der Waals surface area contributed by atoms with E-state index >= 15 is 0 Å². The van der Waals surface area contributed by atoms with Crippen LogP contribution in [0.5, 0.6) is 0 Å². The molecule has 88 valence electrons. The number of nitrogens with two attached hydrogens (primary N) is 1. The Morgan fingerprint density at radius 1 is 1.12 bits per heavy atom. The molecule has 2 aromatic rings. The molecule has 17 heavy (non-hydrogen) atoms. The van der Waals surface area contributed by atoms with Gasteiger partial charge in [-0.1, -0.05) is 0 Å². The second kappa shape index (κ2) is 4.00. The predicted molar refractivity (Wildman–Crippen MR) is 54.7 cm³/mol. The van der Waals surface area contributed by atoms with Gasteiger partial charge in [0.25, 0.3) is 0 Å². The van der Waals surface area contributed by atoms with Crippen LogP contribution in [0.15, 0.2) is 31.0 Å². The van der Waals surface area contributed by atoms with Crippen molar-refractivity contribution in [3.63, 3.8) is 0 Å². The fraction of sp³-hybridized carbons (Fsp3) is 0.100. The summed E-state index contributed by atoms with van der Waals surface area (Å²) in [6.45, 7) is 0. The molecule has 0 aliphatic heterocycles. The molecule has 0 saturated heterocycles. The molecular formula is C10H7F3N4. The summed E-state index contributed by atoms with van der Waals surface area (Å²) < 4.78 is 38.4. The third-order valence-corrected chi connectivity index (χ3v) is 2.13. The van der Waals surface area contributed by atoms with Gasteiger partial charge in [0.2, 0.25) is 0 Å². The molecule has 0 spiro atoms. The molecule has 0 unspecified atom stereocenters. The number of anilines is 1. The van der Waals surface area contributed by atoms with Gasteiger partial charge >= 0.3 is 6.18 Å². The number of aromatic nitrogens is 3. The lowest BCUT2D eigenvalue weighted by molar-refractivity contribution is -0.137. The monoisotopic (exact) mass is 240 g/mol. The molecule has 0 fully saturated rings. The van der Waals surface area contributed by atoms with Gasteiger partial charge in [-0.25, -0.2) is 15.0 Å². The van der Waals surface area contributed by atoms with E-state index in [0.29, 0.717) is 0 Å². The second-order valence-corrected chi connectivity index (χ2v) is 3.24. The van der Waals surface area contributed by atoms with Crippen molar-refractivity contribution in [2.45, 2.75) is 6.18 Å². The van der Waals surface area contributed by atoms with E-state index in [0.717, 1.165) is 12.3 Å². The van der Waals surface area contributed by atoms with Crippen LogP contribution >= 0.6 is 0 Å². The van der Waals surface area contributed by atoms with E-state index in [1.54, 1.807) is 0 Å². The third-order valence-electron chi connectivity index (χ3n) is 2.13. The number of hydrogen-bond acceptors (Lipinski definition) is 4. The van der Waals surface area contributed by atoms with E-state index in [9.17, 15) is 13.2 Å². The zero-order valence-corrected chi connectivity index (χ0v) is 8.44. The highest BCUT2D eigenvalue weighted by Gasteiger charge is 2.34. The summed E-state index contributed by atoms with van der Waals surface area (Å²) in [7, 11) is 0. The average Bonchev–Trinajstić information content (AvgIpc) is 2.28. The van der Waals surface area contributed by atoms with Crippen molar-refractivity contribution in [2.24, 2.45) is 0 Å². The van der Waals surface area contributed by atoms with E-state index in [-0.39, 0.29) is 16.9 Å². The van der Waals surface area contributed by atoms with Crippen LogP contribution in [0.1, 0.15) is 5.56 Å². The van der Waals surface area contributed by atoms with Gasteiger partial charge in [-0.3, -0.25) is 0 Å². The molecule has 0 aliphatic rings. The standard InChI is InChI=1S/C10H7F3N4/c11-10(12,13)7-1-2-17-9(14)8(7)6-3-15-5-16-4-6/h1-5H,(H2,14,17). The summed E-state index contributed by atoms with van der Waals surface area (Å²) in [6, 6.07) is 0.874. The fourth-order valence-electron chi connectivity index (χ4n) is 1.45. The van der Waals surface area contributed by atoms with E-state index in [2.05, 4.69) is 15.0 Å². The first-order chi connectivity index (χ1) is 8.00. The van der Waals surface area contributed by atoms with Crippen LogP contribution in [-0.4, -0.2) is 15.0 Å². The largest absolute Gasteiger partial charge is 0.417 e. The lowest BCUT2D eigenvalue weighted by atomic mass is 10.0. The summed E-state index contributed by atoms with van der Waals surface area (Å²) in [4.78, 5) is 11.0. The maximum absolute atomic E-state index is 12.8. The van der Waals surface area contributed by atoms with Crippen LogP contribution < -0.4 is 5.73 Å². The van der Waals surface area contributed by atoms with Gasteiger partial charge in [0.15, 0.2) is 0 Å². The maximum atomic E-state index is 12.8. The summed E-state index contributed by atoms with van der Waals surface area (Å²) in [6.07, 6.45) is 0.266. The number of nitrogen functional groups attached to an aromatic ring is 1. The van der Waals surface area contributed by atoms with Gasteiger partial charge in [0.05, 0.1) is 5.56 Å². The number of hydrogen-bond donors (Lipinski definition) is 1. The van der Waals surface area contributed by atoms with Crippen molar-refractivity contribution in [2.75, 3.05) is 5.73 Å². The van der Waals surface area contributed by atoms with Gasteiger partial charge < -0.3 is 5.73 Å². The molecule has 0 atom stereocenters. The molecule has 0 saturated carbocycles. The Morgan fingerprint density at radius 2 is 1.76 bits per heavy atom. The molecule has 0 aromatic carbocycles. The zero-order valence-electron chi connectivity index (χ0n) is 8.44. The van der Waals surface area contributed by atoms with E-state index in [1.165, 1.54) is 18.7 Å². The Morgan fingerprint density at radius 3 is 2.35 bits per heavy atom. The highest BCUT2D eigenvalue weighted by molar-refractivity contribution is 5.76. The molecule has 0 amide bonds. The Balaban J connectivity index is 2.69. The quantitative estimate of drug-likeness (QED) is 0.829. The van der Waals surface area contributed by atoms with Crippen LogP contribution in [0, 0.1) is 0 Å². The van der Waals surface area contributed by atoms with Crippen LogP contribution in [0.4, 0.5) is 19.0 Å². The number of pyridine rings is 1. The molecule has 7 heteroatoms. The van der Waals surface area contributed by atoms with E-state index in [4.69, 9.17) is 5.73 Å². The summed E-state index contributed by atoms with van der Waals surface area (Å²) in [5.41, 5.74) is 4.63. The van der Waals surface area contributed by atoms with Crippen molar-refractivity contribution in [3.05, 3.63) is 36.5 Å². The van der Waals surface area contributed by atoms with E-state index in [1.807, 2.05) is 0 Å². The molecule has 0 bridgehead atoms. The highest BCUT2D eigenvalue weighted by atomic mass is 19.4. The van der Waals surface area contributed by atoms with Crippen molar-refractivity contribution in [3.8, 4) is 11.1 Å². The minimum Gasteiger partial charge on any atom is -0.383 e. The number of nitrogens with zero attached hydrogens (tertiary/aromatic N) is 3. The smallest absolute Gasteiger partial charge is 0.383 e. The number of rotatable bonds is 1. The third kappa shape index (κ3) is 2.17. The normalized spacial score (nSPS) is 11.5. The first-order valence-corrected chi connectivity index (χ1v) is 4.57. The molecule has 2 aromatic heterocycles. The topological polar surface area (TPSA) is 64.7 Å². The van der Waals surface area contributed by atoms with Gasteiger partial charge in [-0.05, 0) is 6.07 Å². The second-order valence-electron chi connectivity index (χ2n) is 3.24. The summed E-state index contributed by atoms with van der Waals surface area (Å²) in [5, 5.41) is 0. The zero-order chi connectivity index (χ0) is 12.5. The molecule has 0 aliphatic carbocycles. The van der Waals surface area contributed by atoms with Crippen molar-refractivity contribution in [1.82, 2.24) is 15.0 Å². The number of alkyl halides is 3. The van der Waals surface area contributed by atoms with Crippen LogP contribution in [-0.2, 0) is 6.18 Å². The maximum Gasteiger partial charge on any atom is 0.417 e. The van der Waals surface area contributed by atoms with Gasteiger partial charge in [0, 0.05) is 29.7 Å². The predicted octanol–water partition coefficient (Wildman–Crippen LogP) is 2.14. The SMILES string of the molecule is Nc1nccc(C(F)(F)F)c1-c1cncnc1. The van der Waals surface area contributed by atoms with Gasteiger partial charge in [-0.2, -0.15) is 13.2 Å². The molecule has 4 nitrogen and oxygen atoms in total.